The Morgan fingerprint density at radius 3 is 2.43 bits per heavy atom. The molecule has 0 saturated carbocycles. The van der Waals surface area contributed by atoms with Crippen LogP contribution in [0.5, 0.6) is 5.75 Å². The van der Waals surface area contributed by atoms with Crippen LogP contribution in [0.4, 0.5) is 0 Å². The number of amides is 1. The third kappa shape index (κ3) is 5.67. The number of carbonyl (C=O) groups is 2. The van der Waals surface area contributed by atoms with Crippen molar-refractivity contribution in [1.82, 2.24) is 10.3 Å². The molecule has 1 aromatic heterocycles. The molecule has 3 aromatic rings. The van der Waals surface area contributed by atoms with Gasteiger partial charge in [0, 0.05) is 0 Å². The molecule has 0 spiro atoms. The number of aromatic nitrogens is 1. The van der Waals surface area contributed by atoms with Gasteiger partial charge in [0.25, 0.3) is 5.91 Å². The predicted molar refractivity (Wildman–Crippen MR) is 116 cm³/mol. The lowest BCUT2D eigenvalue weighted by atomic mass is 10.0. The van der Waals surface area contributed by atoms with E-state index in [0.717, 1.165) is 16.9 Å². The van der Waals surface area contributed by atoms with Crippen LogP contribution < -0.4 is 10.1 Å². The highest BCUT2D eigenvalue weighted by atomic mass is 32.1. The topological polar surface area (TPSA) is 77.5 Å². The summed E-state index contributed by atoms with van der Waals surface area (Å²) in [6, 6.07) is 16.6. The molecule has 1 amide bonds. The molecule has 30 heavy (non-hydrogen) atoms. The molecule has 0 fully saturated rings. The molecule has 0 aliphatic carbocycles. The van der Waals surface area contributed by atoms with Crippen LogP contribution >= 0.6 is 11.3 Å². The van der Waals surface area contributed by atoms with E-state index in [4.69, 9.17) is 9.47 Å². The fourth-order valence-electron chi connectivity index (χ4n) is 2.92. The van der Waals surface area contributed by atoms with Crippen LogP contribution in [-0.4, -0.2) is 24.0 Å². The van der Waals surface area contributed by atoms with Crippen LogP contribution in [0.1, 0.15) is 44.0 Å². The zero-order valence-electron chi connectivity index (χ0n) is 17.2. The van der Waals surface area contributed by atoms with E-state index in [1.54, 1.807) is 6.92 Å². The standard InChI is InChI=1S/C23H24N2O4S/c1-15-9-11-18(12-10-15)29-14-20-24-16(2)22(30-20)23(27)25-19(13-21(26)28-3)17-7-5-4-6-8-17/h4-12,19H,13-14H2,1-3H3,(H,25,27). The van der Waals surface area contributed by atoms with Gasteiger partial charge in [0.05, 0.1) is 25.3 Å². The van der Waals surface area contributed by atoms with E-state index < -0.39 is 12.0 Å². The molecule has 7 heteroatoms. The Kier molecular flexibility index (Phi) is 7.19. The third-order valence-electron chi connectivity index (χ3n) is 4.54. The van der Waals surface area contributed by atoms with Crippen LogP contribution in [0.25, 0.3) is 0 Å². The Balaban J connectivity index is 1.70. The highest BCUT2D eigenvalue weighted by Gasteiger charge is 2.22. The van der Waals surface area contributed by atoms with Crippen LogP contribution in [-0.2, 0) is 16.1 Å². The Morgan fingerprint density at radius 1 is 1.07 bits per heavy atom. The molecule has 0 aliphatic rings. The second kappa shape index (κ2) is 10.0. The van der Waals surface area contributed by atoms with E-state index in [-0.39, 0.29) is 18.9 Å². The van der Waals surface area contributed by atoms with E-state index in [9.17, 15) is 9.59 Å². The zero-order valence-corrected chi connectivity index (χ0v) is 18.0. The van der Waals surface area contributed by atoms with Crippen molar-refractivity contribution in [2.45, 2.75) is 32.9 Å². The molecule has 156 valence electrons. The maximum Gasteiger partial charge on any atom is 0.307 e. The van der Waals surface area contributed by atoms with Gasteiger partial charge in [-0.1, -0.05) is 48.0 Å². The number of nitrogens with one attached hydrogen (secondary N) is 1. The molecule has 1 atom stereocenters. The molecule has 6 nitrogen and oxygen atoms in total. The molecular formula is C23H24N2O4S. The van der Waals surface area contributed by atoms with Crippen LogP contribution in [0.3, 0.4) is 0 Å². The Hall–Kier alpha value is -3.19. The smallest absolute Gasteiger partial charge is 0.307 e. The van der Waals surface area contributed by atoms with Crippen molar-refractivity contribution in [3.05, 3.63) is 81.3 Å². The first kappa shape index (κ1) is 21.5. The number of rotatable bonds is 8. The number of aryl methyl sites for hydroxylation is 2. The first-order chi connectivity index (χ1) is 14.5. The molecule has 0 bridgehead atoms. The fourth-order valence-corrected chi connectivity index (χ4v) is 3.80. The fraction of sp³-hybridized carbons (Fsp3) is 0.261. The number of hydrogen-bond acceptors (Lipinski definition) is 6. The Bertz CT molecular complexity index is 1000. The largest absolute Gasteiger partial charge is 0.486 e. The number of thiazole rings is 1. The average Bonchev–Trinajstić information content (AvgIpc) is 3.14. The molecule has 1 N–H and O–H groups in total. The summed E-state index contributed by atoms with van der Waals surface area (Å²) in [4.78, 5) is 29.7. The van der Waals surface area contributed by atoms with Gasteiger partial charge < -0.3 is 14.8 Å². The van der Waals surface area contributed by atoms with Gasteiger partial charge in [-0.05, 0) is 31.5 Å². The number of hydrogen-bond donors (Lipinski definition) is 1. The van der Waals surface area contributed by atoms with Crippen molar-refractivity contribution in [3.63, 3.8) is 0 Å². The van der Waals surface area contributed by atoms with Crippen molar-refractivity contribution >= 4 is 23.2 Å². The van der Waals surface area contributed by atoms with E-state index in [1.807, 2.05) is 61.5 Å². The molecule has 1 heterocycles. The van der Waals surface area contributed by atoms with Crippen molar-refractivity contribution in [1.29, 1.82) is 0 Å². The van der Waals surface area contributed by atoms with E-state index in [2.05, 4.69) is 10.3 Å². The van der Waals surface area contributed by atoms with Crippen molar-refractivity contribution in [2.24, 2.45) is 0 Å². The number of esters is 1. The summed E-state index contributed by atoms with van der Waals surface area (Å²) in [6.45, 7) is 4.09. The lowest BCUT2D eigenvalue weighted by molar-refractivity contribution is -0.141. The summed E-state index contributed by atoms with van der Waals surface area (Å²) in [6.07, 6.45) is 0.0491. The first-order valence-corrected chi connectivity index (χ1v) is 10.4. The second-order valence-electron chi connectivity index (χ2n) is 6.84. The van der Waals surface area contributed by atoms with E-state index >= 15 is 0 Å². The van der Waals surface area contributed by atoms with Crippen LogP contribution in [0, 0.1) is 13.8 Å². The highest BCUT2D eigenvalue weighted by molar-refractivity contribution is 7.13. The number of carbonyl (C=O) groups excluding carboxylic acids is 2. The minimum atomic E-state index is -0.486. The van der Waals surface area contributed by atoms with Gasteiger partial charge in [0.1, 0.15) is 22.2 Å². The number of ether oxygens (including phenoxy) is 2. The van der Waals surface area contributed by atoms with Gasteiger partial charge in [-0.3, -0.25) is 9.59 Å². The summed E-state index contributed by atoms with van der Waals surface area (Å²) >= 11 is 1.29. The molecule has 0 aliphatic heterocycles. The van der Waals surface area contributed by atoms with Gasteiger partial charge in [-0.25, -0.2) is 4.98 Å². The summed E-state index contributed by atoms with van der Waals surface area (Å²) in [5.41, 5.74) is 2.62. The minimum Gasteiger partial charge on any atom is -0.486 e. The first-order valence-electron chi connectivity index (χ1n) is 9.54. The summed E-state index contributed by atoms with van der Waals surface area (Å²) < 4.78 is 10.5. The van der Waals surface area contributed by atoms with Crippen LogP contribution in [0.2, 0.25) is 0 Å². The SMILES string of the molecule is COC(=O)CC(NC(=O)c1sc(COc2ccc(C)cc2)nc1C)c1ccccc1. The monoisotopic (exact) mass is 424 g/mol. The second-order valence-corrected chi connectivity index (χ2v) is 7.92. The van der Waals surface area contributed by atoms with Gasteiger partial charge in [0.2, 0.25) is 0 Å². The van der Waals surface area contributed by atoms with Gasteiger partial charge in [-0.15, -0.1) is 11.3 Å². The van der Waals surface area contributed by atoms with Crippen molar-refractivity contribution < 1.29 is 19.1 Å². The molecule has 3 rings (SSSR count). The van der Waals surface area contributed by atoms with Crippen LogP contribution in [0.15, 0.2) is 54.6 Å². The summed E-state index contributed by atoms with van der Waals surface area (Å²) in [5, 5.41) is 3.65. The summed E-state index contributed by atoms with van der Waals surface area (Å²) in [7, 11) is 1.33. The Labute approximate surface area is 179 Å². The number of benzene rings is 2. The third-order valence-corrected chi connectivity index (χ3v) is 5.67. The van der Waals surface area contributed by atoms with Gasteiger partial charge in [-0.2, -0.15) is 0 Å². The quantitative estimate of drug-likeness (QED) is 0.543. The average molecular weight is 425 g/mol. The Morgan fingerprint density at radius 2 is 1.77 bits per heavy atom. The van der Waals surface area contributed by atoms with E-state index in [0.29, 0.717) is 15.6 Å². The number of nitrogens with zero attached hydrogens (tertiary/aromatic N) is 1. The predicted octanol–water partition coefficient (Wildman–Crippen LogP) is 4.37. The van der Waals surface area contributed by atoms with Crippen molar-refractivity contribution in [2.75, 3.05) is 7.11 Å². The molecule has 2 aromatic carbocycles. The maximum atomic E-state index is 12.9. The lowest BCUT2D eigenvalue weighted by Gasteiger charge is -2.18. The molecule has 0 radical (unpaired) electrons. The van der Waals surface area contributed by atoms with Gasteiger partial charge >= 0.3 is 5.97 Å². The van der Waals surface area contributed by atoms with Gasteiger partial charge in [0.15, 0.2) is 0 Å². The number of methoxy groups -OCH3 is 1. The highest BCUT2D eigenvalue weighted by Crippen LogP contribution is 2.23. The minimum absolute atomic E-state index is 0.0491. The maximum absolute atomic E-state index is 12.9. The molecule has 0 saturated heterocycles. The molecular weight excluding hydrogens is 400 g/mol. The van der Waals surface area contributed by atoms with Crippen molar-refractivity contribution in [3.8, 4) is 5.75 Å². The normalized spacial score (nSPS) is 11.6. The lowest BCUT2D eigenvalue weighted by Crippen LogP contribution is -2.30. The zero-order chi connectivity index (χ0) is 21.5. The molecule has 1 unspecified atom stereocenters. The summed E-state index contributed by atoms with van der Waals surface area (Å²) in [5.74, 6) is 0.0865. The van der Waals surface area contributed by atoms with E-state index in [1.165, 1.54) is 18.4 Å².